The largest absolute Gasteiger partial charge is 0.317 e. The predicted octanol–water partition coefficient (Wildman–Crippen LogP) is 3.63. The summed E-state index contributed by atoms with van der Waals surface area (Å²) in [6.45, 7) is 4.34. The monoisotopic (exact) mass is 333 g/mol. The van der Waals surface area contributed by atoms with Crippen LogP contribution < -0.4 is 5.32 Å². The molecule has 0 spiro atoms. The van der Waals surface area contributed by atoms with Gasteiger partial charge in [-0.2, -0.15) is 5.10 Å². The minimum absolute atomic E-state index is 0.598. The van der Waals surface area contributed by atoms with E-state index in [0.29, 0.717) is 5.92 Å². The van der Waals surface area contributed by atoms with Gasteiger partial charge in [0.05, 0.1) is 10.2 Å². The lowest BCUT2D eigenvalue weighted by Crippen LogP contribution is -2.27. The third kappa shape index (κ3) is 2.42. The van der Waals surface area contributed by atoms with Gasteiger partial charge in [0.2, 0.25) is 0 Å². The Balaban J connectivity index is 2.04. The molecule has 0 bridgehead atoms. The number of hydrogen-bond donors (Lipinski definition) is 1. The topological polar surface area (TPSA) is 29.9 Å². The number of rotatable bonds is 2. The second-order valence-electron chi connectivity index (χ2n) is 5.51. The van der Waals surface area contributed by atoms with Gasteiger partial charge in [-0.3, -0.25) is 4.68 Å². The summed E-state index contributed by atoms with van der Waals surface area (Å²) in [5.41, 5.74) is 4.89. The molecular weight excluding hydrogens is 314 g/mol. The van der Waals surface area contributed by atoms with Crippen molar-refractivity contribution in [2.24, 2.45) is 7.05 Å². The third-order valence-electron chi connectivity index (χ3n) is 4.16. The van der Waals surface area contributed by atoms with Crippen LogP contribution in [0, 0.1) is 6.92 Å². The van der Waals surface area contributed by atoms with Gasteiger partial charge in [-0.25, -0.2) is 0 Å². The van der Waals surface area contributed by atoms with Gasteiger partial charge in [-0.05, 0) is 54.3 Å². The van der Waals surface area contributed by atoms with Crippen LogP contribution in [0.4, 0.5) is 0 Å². The Morgan fingerprint density at radius 2 is 1.95 bits per heavy atom. The first-order valence-electron chi connectivity index (χ1n) is 7.17. The van der Waals surface area contributed by atoms with E-state index in [2.05, 4.69) is 64.2 Å². The van der Waals surface area contributed by atoms with Gasteiger partial charge >= 0.3 is 0 Å². The Labute approximate surface area is 128 Å². The van der Waals surface area contributed by atoms with Crippen LogP contribution in [0.25, 0.3) is 11.3 Å². The summed E-state index contributed by atoms with van der Waals surface area (Å²) in [6.07, 6.45) is 2.37. The van der Waals surface area contributed by atoms with Gasteiger partial charge in [0.25, 0.3) is 0 Å². The molecule has 0 atom stereocenters. The first-order valence-corrected chi connectivity index (χ1v) is 7.97. The van der Waals surface area contributed by atoms with Crippen LogP contribution >= 0.6 is 15.9 Å². The maximum absolute atomic E-state index is 4.77. The lowest BCUT2D eigenvalue weighted by atomic mass is 9.93. The number of nitrogens with one attached hydrogen (secondary N) is 1. The summed E-state index contributed by atoms with van der Waals surface area (Å²) in [5, 5.41) is 8.19. The summed E-state index contributed by atoms with van der Waals surface area (Å²) in [6, 6.07) is 8.44. The summed E-state index contributed by atoms with van der Waals surface area (Å²) in [5.74, 6) is 0.598. The number of aromatic nitrogens is 2. The highest BCUT2D eigenvalue weighted by atomic mass is 79.9. The molecule has 3 nitrogen and oxygen atoms in total. The summed E-state index contributed by atoms with van der Waals surface area (Å²) in [4.78, 5) is 0. The highest BCUT2D eigenvalue weighted by Gasteiger charge is 2.24. The molecule has 0 saturated carbocycles. The number of nitrogens with zero attached hydrogens (tertiary/aromatic N) is 2. The van der Waals surface area contributed by atoms with Gasteiger partial charge < -0.3 is 5.32 Å². The zero-order valence-corrected chi connectivity index (χ0v) is 13.6. The van der Waals surface area contributed by atoms with Crippen molar-refractivity contribution in [1.82, 2.24) is 15.1 Å². The van der Waals surface area contributed by atoms with Crippen molar-refractivity contribution < 1.29 is 0 Å². The third-order valence-corrected chi connectivity index (χ3v) is 4.94. The molecule has 1 fully saturated rings. The normalized spacial score (nSPS) is 16.6. The van der Waals surface area contributed by atoms with E-state index in [1.165, 1.54) is 34.1 Å². The Bertz CT molecular complexity index is 612. The van der Waals surface area contributed by atoms with Crippen LogP contribution in [0.2, 0.25) is 0 Å². The van der Waals surface area contributed by atoms with E-state index in [-0.39, 0.29) is 0 Å². The molecule has 2 aromatic rings. The molecule has 1 saturated heterocycles. The van der Waals surface area contributed by atoms with Crippen LogP contribution in [-0.2, 0) is 7.05 Å². The maximum atomic E-state index is 4.77. The minimum atomic E-state index is 0.598. The lowest BCUT2D eigenvalue weighted by Gasteiger charge is -2.23. The Kier molecular flexibility index (Phi) is 3.94. The van der Waals surface area contributed by atoms with E-state index < -0.39 is 0 Å². The average molecular weight is 334 g/mol. The van der Waals surface area contributed by atoms with Crippen molar-refractivity contribution in [3.8, 4) is 11.3 Å². The van der Waals surface area contributed by atoms with Crippen LogP contribution in [0.5, 0.6) is 0 Å². The summed E-state index contributed by atoms with van der Waals surface area (Å²) in [7, 11) is 2.06. The smallest absolute Gasteiger partial charge is 0.107 e. The van der Waals surface area contributed by atoms with Crippen LogP contribution in [0.1, 0.15) is 30.0 Å². The molecule has 106 valence electrons. The molecule has 0 unspecified atom stereocenters. The van der Waals surface area contributed by atoms with Gasteiger partial charge in [0, 0.05) is 18.5 Å². The quantitative estimate of drug-likeness (QED) is 0.909. The highest BCUT2D eigenvalue weighted by Crippen LogP contribution is 2.38. The van der Waals surface area contributed by atoms with Gasteiger partial charge in [0.1, 0.15) is 5.69 Å². The fourth-order valence-electron chi connectivity index (χ4n) is 3.06. The number of piperidine rings is 1. The number of hydrogen-bond acceptors (Lipinski definition) is 2. The molecule has 20 heavy (non-hydrogen) atoms. The maximum Gasteiger partial charge on any atom is 0.107 e. The Morgan fingerprint density at radius 3 is 2.65 bits per heavy atom. The van der Waals surface area contributed by atoms with E-state index in [1.807, 2.05) is 0 Å². The fourth-order valence-corrected chi connectivity index (χ4v) is 3.93. The van der Waals surface area contributed by atoms with Crippen LogP contribution in [0.3, 0.4) is 0 Å². The molecule has 1 aliphatic heterocycles. The zero-order valence-electron chi connectivity index (χ0n) is 12.0. The van der Waals surface area contributed by atoms with Crippen molar-refractivity contribution in [3.05, 3.63) is 40.0 Å². The van der Waals surface area contributed by atoms with Gasteiger partial charge in [0.15, 0.2) is 0 Å². The Hall–Kier alpha value is -1.13. The second-order valence-corrected chi connectivity index (χ2v) is 6.30. The van der Waals surface area contributed by atoms with Crippen molar-refractivity contribution in [2.75, 3.05) is 13.1 Å². The number of aryl methyl sites for hydroxylation is 2. The van der Waals surface area contributed by atoms with E-state index in [1.54, 1.807) is 0 Å². The molecule has 0 aliphatic carbocycles. The van der Waals surface area contributed by atoms with Crippen molar-refractivity contribution in [2.45, 2.75) is 25.7 Å². The fraction of sp³-hybridized carbons (Fsp3) is 0.438. The highest BCUT2D eigenvalue weighted by molar-refractivity contribution is 9.10. The zero-order chi connectivity index (χ0) is 14.1. The van der Waals surface area contributed by atoms with Gasteiger partial charge in [-0.15, -0.1) is 0 Å². The van der Waals surface area contributed by atoms with E-state index in [4.69, 9.17) is 5.10 Å². The first-order chi connectivity index (χ1) is 9.68. The standard InChI is InChI=1S/C16H20BrN3/c1-11-5-3-4-6-13(11)15-14(17)16(20(2)19-15)12-7-9-18-10-8-12/h3-6,12,18H,7-10H2,1-2H3. The molecule has 0 amide bonds. The van der Waals surface area contributed by atoms with E-state index in [0.717, 1.165) is 18.8 Å². The van der Waals surface area contributed by atoms with Crippen LogP contribution in [0.15, 0.2) is 28.7 Å². The minimum Gasteiger partial charge on any atom is -0.317 e. The van der Waals surface area contributed by atoms with E-state index in [9.17, 15) is 0 Å². The molecule has 1 aromatic carbocycles. The Morgan fingerprint density at radius 1 is 1.25 bits per heavy atom. The van der Waals surface area contributed by atoms with Crippen molar-refractivity contribution in [1.29, 1.82) is 0 Å². The molecule has 4 heteroatoms. The van der Waals surface area contributed by atoms with Gasteiger partial charge in [-0.1, -0.05) is 24.3 Å². The molecule has 0 radical (unpaired) electrons. The summed E-state index contributed by atoms with van der Waals surface area (Å²) < 4.78 is 3.23. The van der Waals surface area contributed by atoms with E-state index >= 15 is 0 Å². The molecular formula is C16H20BrN3. The average Bonchev–Trinajstić information content (AvgIpc) is 2.75. The SMILES string of the molecule is Cc1ccccc1-c1nn(C)c(C2CCNCC2)c1Br. The summed E-state index contributed by atoms with van der Waals surface area (Å²) >= 11 is 3.80. The molecule has 1 N–H and O–H groups in total. The molecule has 3 rings (SSSR count). The van der Waals surface area contributed by atoms with Crippen LogP contribution in [-0.4, -0.2) is 22.9 Å². The first kappa shape index (κ1) is 13.8. The van der Waals surface area contributed by atoms with Crippen molar-refractivity contribution >= 4 is 15.9 Å². The molecule has 1 aliphatic rings. The lowest BCUT2D eigenvalue weighted by molar-refractivity contribution is 0.439. The second kappa shape index (κ2) is 5.70. The number of benzene rings is 1. The predicted molar refractivity (Wildman–Crippen MR) is 85.9 cm³/mol. The molecule has 2 heterocycles. The number of halogens is 1. The van der Waals surface area contributed by atoms with Crippen molar-refractivity contribution in [3.63, 3.8) is 0 Å². The molecule has 1 aromatic heterocycles.